The van der Waals surface area contributed by atoms with Gasteiger partial charge in [-0.05, 0) is 12.1 Å². The Morgan fingerprint density at radius 3 is 2.53 bits per heavy atom. The first-order valence-corrected chi connectivity index (χ1v) is 5.40. The average molecular weight is 266 g/mol. The molecule has 0 aliphatic carbocycles. The van der Waals surface area contributed by atoms with Crippen LogP contribution in [0.5, 0.6) is 5.75 Å². The fraction of sp³-hybridized carbons (Fsp3) is 0.250. The third kappa shape index (κ3) is 4.30. The third-order valence-corrected chi connectivity index (χ3v) is 2.14. The molecule has 0 atom stereocenters. The van der Waals surface area contributed by atoms with Crippen LogP contribution in [0, 0.1) is 0 Å². The Labute approximate surface area is 109 Å². The van der Waals surface area contributed by atoms with Crippen molar-refractivity contribution in [1.29, 1.82) is 0 Å². The first-order valence-electron chi connectivity index (χ1n) is 5.40. The summed E-state index contributed by atoms with van der Waals surface area (Å²) in [6.07, 6.45) is 0. The number of carbonyl (C=O) groups is 3. The molecule has 7 heteroatoms. The number of methoxy groups -OCH3 is 1. The highest BCUT2D eigenvalue weighted by molar-refractivity contribution is 5.97. The van der Waals surface area contributed by atoms with E-state index < -0.39 is 24.5 Å². The molecule has 0 aromatic heterocycles. The summed E-state index contributed by atoms with van der Waals surface area (Å²) in [5.41, 5.74) is 0.206. The number of rotatable bonds is 4. The molecule has 0 radical (unpaired) electrons. The Bertz CT molecular complexity index is 487. The standard InChI is InChI=1S/C12H14N2O5/c1-13-12(17)14-10(15)7-19-11(16)8-5-3-4-6-9(8)18-2/h3-6H,7H2,1-2H3,(H2,13,14,15,17). The van der Waals surface area contributed by atoms with Crippen molar-refractivity contribution in [2.75, 3.05) is 20.8 Å². The van der Waals surface area contributed by atoms with Crippen LogP contribution in [0.3, 0.4) is 0 Å². The van der Waals surface area contributed by atoms with Crippen molar-refractivity contribution < 1.29 is 23.9 Å². The van der Waals surface area contributed by atoms with Gasteiger partial charge in [-0.1, -0.05) is 12.1 Å². The smallest absolute Gasteiger partial charge is 0.342 e. The second-order valence-electron chi connectivity index (χ2n) is 3.40. The van der Waals surface area contributed by atoms with E-state index >= 15 is 0 Å². The Hall–Kier alpha value is -2.57. The molecule has 1 rings (SSSR count). The molecule has 19 heavy (non-hydrogen) atoms. The summed E-state index contributed by atoms with van der Waals surface area (Å²) in [6, 6.07) is 5.79. The lowest BCUT2D eigenvalue weighted by molar-refractivity contribution is -0.123. The predicted molar refractivity (Wildman–Crippen MR) is 65.9 cm³/mol. The molecule has 1 aromatic rings. The van der Waals surface area contributed by atoms with Gasteiger partial charge in [0.15, 0.2) is 6.61 Å². The lowest BCUT2D eigenvalue weighted by Gasteiger charge is -2.08. The van der Waals surface area contributed by atoms with Crippen molar-refractivity contribution in [3.8, 4) is 5.75 Å². The number of ether oxygens (including phenoxy) is 2. The van der Waals surface area contributed by atoms with E-state index in [0.717, 1.165) is 0 Å². The SMILES string of the molecule is CNC(=O)NC(=O)COC(=O)c1ccccc1OC. The molecule has 2 N–H and O–H groups in total. The zero-order valence-electron chi connectivity index (χ0n) is 10.6. The van der Waals surface area contributed by atoms with Crippen molar-refractivity contribution in [2.24, 2.45) is 0 Å². The van der Waals surface area contributed by atoms with Gasteiger partial charge in [0, 0.05) is 7.05 Å². The predicted octanol–water partition coefficient (Wildman–Crippen LogP) is 0.308. The Morgan fingerprint density at radius 2 is 1.89 bits per heavy atom. The number of carbonyl (C=O) groups excluding carboxylic acids is 3. The fourth-order valence-electron chi connectivity index (χ4n) is 1.25. The van der Waals surface area contributed by atoms with E-state index in [1.165, 1.54) is 20.2 Å². The molecule has 0 heterocycles. The van der Waals surface area contributed by atoms with Crippen LogP contribution >= 0.6 is 0 Å². The average Bonchev–Trinajstić information content (AvgIpc) is 2.44. The summed E-state index contributed by atoms with van der Waals surface area (Å²) in [5, 5.41) is 4.17. The molecule has 3 amide bonds. The highest BCUT2D eigenvalue weighted by Crippen LogP contribution is 2.17. The molecule has 0 bridgehead atoms. The maximum Gasteiger partial charge on any atom is 0.342 e. The largest absolute Gasteiger partial charge is 0.496 e. The minimum Gasteiger partial charge on any atom is -0.496 e. The number of amides is 3. The van der Waals surface area contributed by atoms with Crippen LogP contribution in [0.1, 0.15) is 10.4 Å². The summed E-state index contributed by atoms with van der Waals surface area (Å²) in [4.78, 5) is 33.8. The molecule has 0 saturated carbocycles. The van der Waals surface area contributed by atoms with Crippen LogP contribution in [-0.2, 0) is 9.53 Å². The van der Waals surface area contributed by atoms with Gasteiger partial charge in [-0.3, -0.25) is 10.1 Å². The lowest BCUT2D eigenvalue weighted by Crippen LogP contribution is -2.39. The van der Waals surface area contributed by atoms with Crippen LogP contribution < -0.4 is 15.4 Å². The summed E-state index contributed by atoms with van der Waals surface area (Å²) in [5.74, 6) is -1.08. The summed E-state index contributed by atoms with van der Waals surface area (Å²) < 4.78 is 9.76. The Kier molecular flexibility index (Phi) is 5.34. The van der Waals surface area contributed by atoms with Gasteiger partial charge in [0.25, 0.3) is 5.91 Å². The maximum atomic E-state index is 11.7. The highest BCUT2D eigenvalue weighted by Gasteiger charge is 2.15. The quantitative estimate of drug-likeness (QED) is 0.765. The van der Waals surface area contributed by atoms with Crippen molar-refractivity contribution in [1.82, 2.24) is 10.6 Å². The maximum absolute atomic E-state index is 11.7. The van der Waals surface area contributed by atoms with Crippen molar-refractivity contribution in [3.63, 3.8) is 0 Å². The van der Waals surface area contributed by atoms with Gasteiger partial charge in [-0.2, -0.15) is 0 Å². The molecule has 7 nitrogen and oxygen atoms in total. The first-order chi connectivity index (χ1) is 9.08. The van der Waals surface area contributed by atoms with Crippen molar-refractivity contribution in [2.45, 2.75) is 0 Å². The van der Waals surface area contributed by atoms with Gasteiger partial charge in [0.1, 0.15) is 11.3 Å². The van der Waals surface area contributed by atoms with Gasteiger partial charge in [-0.15, -0.1) is 0 Å². The van der Waals surface area contributed by atoms with Crippen molar-refractivity contribution in [3.05, 3.63) is 29.8 Å². The normalized spacial score (nSPS) is 9.37. The molecule has 0 aliphatic heterocycles. The molecule has 0 fully saturated rings. The molecule has 102 valence electrons. The van der Waals surface area contributed by atoms with E-state index in [2.05, 4.69) is 5.32 Å². The summed E-state index contributed by atoms with van der Waals surface area (Å²) in [6.45, 7) is -0.551. The molecule has 0 unspecified atom stereocenters. The molecular weight excluding hydrogens is 252 g/mol. The number of benzene rings is 1. The second kappa shape index (κ2) is 7.00. The third-order valence-electron chi connectivity index (χ3n) is 2.14. The van der Waals surface area contributed by atoms with Gasteiger partial charge in [0.05, 0.1) is 7.11 Å². The number of nitrogens with one attached hydrogen (secondary N) is 2. The second-order valence-corrected chi connectivity index (χ2v) is 3.40. The van der Waals surface area contributed by atoms with Crippen LogP contribution in [0.4, 0.5) is 4.79 Å². The first kappa shape index (κ1) is 14.5. The molecule has 1 aromatic carbocycles. The monoisotopic (exact) mass is 266 g/mol. The number of para-hydroxylation sites is 1. The fourth-order valence-corrected chi connectivity index (χ4v) is 1.25. The van der Waals surface area contributed by atoms with Gasteiger partial charge < -0.3 is 14.8 Å². The van der Waals surface area contributed by atoms with Crippen molar-refractivity contribution >= 4 is 17.9 Å². The van der Waals surface area contributed by atoms with E-state index in [-0.39, 0.29) is 5.56 Å². The summed E-state index contributed by atoms with van der Waals surface area (Å²) in [7, 11) is 2.79. The number of imide groups is 1. The Morgan fingerprint density at radius 1 is 1.21 bits per heavy atom. The van der Waals surface area contributed by atoms with E-state index in [0.29, 0.717) is 5.75 Å². The van der Waals surface area contributed by atoms with Crippen LogP contribution in [0.15, 0.2) is 24.3 Å². The lowest BCUT2D eigenvalue weighted by atomic mass is 10.2. The van der Waals surface area contributed by atoms with Gasteiger partial charge in [0.2, 0.25) is 0 Å². The van der Waals surface area contributed by atoms with Gasteiger partial charge >= 0.3 is 12.0 Å². The number of hydrogen-bond donors (Lipinski definition) is 2. The summed E-state index contributed by atoms with van der Waals surface area (Å²) >= 11 is 0. The zero-order valence-corrected chi connectivity index (χ0v) is 10.6. The van der Waals surface area contributed by atoms with Crippen LogP contribution in [0.2, 0.25) is 0 Å². The van der Waals surface area contributed by atoms with E-state index in [1.54, 1.807) is 18.2 Å². The molecular formula is C12H14N2O5. The minimum atomic E-state index is -0.720. The number of esters is 1. The topological polar surface area (TPSA) is 93.7 Å². The number of urea groups is 1. The van der Waals surface area contributed by atoms with Gasteiger partial charge in [-0.25, -0.2) is 9.59 Å². The zero-order chi connectivity index (χ0) is 14.3. The number of hydrogen-bond acceptors (Lipinski definition) is 5. The van der Waals surface area contributed by atoms with Crippen LogP contribution in [-0.4, -0.2) is 38.7 Å². The van der Waals surface area contributed by atoms with Crippen LogP contribution in [0.25, 0.3) is 0 Å². The molecule has 0 saturated heterocycles. The molecule has 0 aliphatic rings. The highest BCUT2D eigenvalue weighted by atomic mass is 16.5. The minimum absolute atomic E-state index is 0.206. The van der Waals surface area contributed by atoms with E-state index in [9.17, 15) is 14.4 Å². The van der Waals surface area contributed by atoms with E-state index in [1.807, 2.05) is 5.32 Å². The van der Waals surface area contributed by atoms with E-state index in [4.69, 9.17) is 9.47 Å². The molecule has 0 spiro atoms. The Balaban J connectivity index is 2.56.